The number of ether oxygens (including phenoxy) is 3. The van der Waals surface area contributed by atoms with Crippen molar-refractivity contribution in [3.8, 4) is 22.9 Å². The van der Waals surface area contributed by atoms with Crippen LogP contribution in [0.5, 0.6) is 17.2 Å². The van der Waals surface area contributed by atoms with Crippen LogP contribution in [-0.4, -0.2) is 34.8 Å². The Morgan fingerprint density at radius 2 is 1.64 bits per heavy atom. The fourth-order valence-electron chi connectivity index (χ4n) is 3.57. The highest BCUT2D eigenvalue weighted by molar-refractivity contribution is 6.04. The Bertz CT molecular complexity index is 1360. The standard InChI is InChI=1S/C26H24N4O6/c1-17-13-24(29(28-17)20-9-11-21(12-10-20)30(32)33)27-26(31)19-14-22(34-2)25(23(15-19)35-3)36-16-18-7-5-4-6-8-18/h4-15H,16H2,1-3H3,(H,27,31). The molecule has 0 bridgehead atoms. The van der Waals surface area contributed by atoms with E-state index in [4.69, 9.17) is 14.2 Å². The molecule has 4 aromatic rings. The first-order chi connectivity index (χ1) is 17.4. The van der Waals surface area contributed by atoms with Crippen molar-refractivity contribution in [3.05, 3.63) is 99.7 Å². The van der Waals surface area contributed by atoms with Crippen molar-refractivity contribution in [2.24, 2.45) is 0 Å². The van der Waals surface area contributed by atoms with Gasteiger partial charge in [0.1, 0.15) is 12.4 Å². The van der Waals surface area contributed by atoms with Gasteiger partial charge in [-0.2, -0.15) is 5.10 Å². The van der Waals surface area contributed by atoms with Crippen molar-refractivity contribution in [1.82, 2.24) is 9.78 Å². The van der Waals surface area contributed by atoms with Crippen LogP contribution in [0.3, 0.4) is 0 Å². The number of nitrogens with zero attached hydrogens (tertiary/aromatic N) is 3. The molecule has 0 aliphatic rings. The second-order valence-electron chi connectivity index (χ2n) is 7.79. The van der Waals surface area contributed by atoms with Gasteiger partial charge in [-0.15, -0.1) is 0 Å². The van der Waals surface area contributed by atoms with Crippen LogP contribution in [0.25, 0.3) is 5.69 Å². The number of hydrogen-bond acceptors (Lipinski definition) is 7. The van der Waals surface area contributed by atoms with Crippen LogP contribution in [0.4, 0.5) is 11.5 Å². The average molecular weight is 489 g/mol. The predicted octanol–water partition coefficient (Wildman–Crippen LogP) is 4.94. The zero-order valence-electron chi connectivity index (χ0n) is 19.9. The van der Waals surface area contributed by atoms with Crippen molar-refractivity contribution in [2.75, 3.05) is 19.5 Å². The maximum atomic E-state index is 13.2. The van der Waals surface area contributed by atoms with Crippen LogP contribution in [0.2, 0.25) is 0 Å². The number of benzene rings is 3. The fraction of sp³-hybridized carbons (Fsp3) is 0.154. The molecule has 3 aromatic carbocycles. The number of anilines is 1. The van der Waals surface area contributed by atoms with E-state index in [-0.39, 0.29) is 11.3 Å². The molecule has 0 spiro atoms. The molecule has 0 saturated carbocycles. The Labute approximate surface area is 207 Å². The summed E-state index contributed by atoms with van der Waals surface area (Å²) < 4.78 is 18.4. The Kier molecular flexibility index (Phi) is 7.15. The molecule has 184 valence electrons. The van der Waals surface area contributed by atoms with E-state index in [1.807, 2.05) is 30.3 Å². The van der Waals surface area contributed by atoms with E-state index >= 15 is 0 Å². The molecule has 1 heterocycles. The molecular weight excluding hydrogens is 464 g/mol. The quantitative estimate of drug-likeness (QED) is 0.262. The van der Waals surface area contributed by atoms with E-state index in [0.717, 1.165) is 5.56 Å². The predicted molar refractivity (Wildman–Crippen MR) is 133 cm³/mol. The third kappa shape index (κ3) is 5.27. The van der Waals surface area contributed by atoms with E-state index in [1.54, 1.807) is 37.3 Å². The average Bonchev–Trinajstić information content (AvgIpc) is 3.27. The van der Waals surface area contributed by atoms with Gasteiger partial charge in [-0.1, -0.05) is 30.3 Å². The van der Waals surface area contributed by atoms with Gasteiger partial charge < -0.3 is 19.5 Å². The van der Waals surface area contributed by atoms with Crippen LogP contribution < -0.4 is 19.5 Å². The molecule has 10 heteroatoms. The van der Waals surface area contributed by atoms with Crippen molar-refractivity contribution in [2.45, 2.75) is 13.5 Å². The van der Waals surface area contributed by atoms with Crippen LogP contribution in [0.15, 0.2) is 72.8 Å². The fourth-order valence-corrected chi connectivity index (χ4v) is 3.57. The maximum Gasteiger partial charge on any atom is 0.269 e. The highest BCUT2D eigenvalue weighted by atomic mass is 16.6. The van der Waals surface area contributed by atoms with Gasteiger partial charge in [0.2, 0.25) is 5.75 Å². The van der Waals surface area contributed by atoms with Gasteiger partial charge in [0.25, 0.3) is 11.6 Å². The minimum Gasteiger partial charge on any atom is -0.493 e. The molecule has 36 heavy (non-hydrogen) atoms. The Morgan fingerprint density at radius 3 is 2.22 bits per heavy atom. The van der Waals surface area contributed by atoms with Crippen molar-refractivity contribution >= 4 is 17.4 Å². The third-order valence-electron chi connectivity index (χ3n) is 5.33. The number of non-ortho nitro benzene ring substituents is 1. The van der Waals surface area contributed by atoms with Crippen LogP contribution in [-0.2, 0) is 6.61 Å². The van der Waals surface area contributed by atoms with Gasteiger partial charge in [-0.25, -0.2) is 4.68 Å². The summed E-state index contributed by atoms with van der Waals surface area (Å²) >= 11 is 0. The van der Waals surface area contributed by atoms with E-state index in [9.17, 15) is 14.9 Å². The minimum absolute atomic E-state index is 0.0398. The van der Waals surface area contributed by atoms with Crippen molar-refractivity contribution < 1.29 is 23.9 Å². The van der Waals surface area contributed by atoms with E-state index in [0.29, 0.717) is 41.1 Å². The van der Waals surface area contributed by atoms with Gasteiger partial charge in [0, 0.05) is 23.8 Å². The van der Waals surface area contributed by atoms with Gasteiger partial charge in [-0.05, 0) is 36.8 Å². The second-order valence-corrected chi connectivity index (χ2v) is 7.79. The van der Waals surface area contributed by atoms with Crippen LogP contribution >= 0.6 is 0 Å². The van der Waals surface area contributed by atoms with Gasteiger partial charge in [0.15, 0.2) is 11.5 Å². The third-order valence-corrected chi connectivity index (χ3v) is 5.33. The molecule has 0 aliphatic heterocycles. The maximum absolute atomic E-state index is 13.2. The van der Waals surface area contributed by atoms with E-state index < -0.39 is 10.8 Å². The number of hydrogen-bond donors (Lipinski definition) is 1. The number of methoxy groups -OCH3 is 2. The Morgan fingerprint density at radius 1 is 1.00 bits per heavy atom. The van der Waals surface area contributed by atoms with Gasteiger partial charge in [0.05, 0.1) is 30.5 Å². The first-order valence-electron chi connectivity index (χ1n) is 10.9. The normalized spacial score (nSPS) is 10.5. The highest BCUT2D eigenvalue weighted by Gasteiger charge is 2.20. The number of nitrogens with one attached hydrogen (secondary N) is 1. The van der Waals surface area contributed by atoms with Crippen molar-refractivity contribution in [1.29, 1.82) is 0 Å². The van der Waals surface area contributed by atoms with Crippen molar-refractivity contribution in [3.63, 3.8) is 0 Å². The first-order valence-corrected chi connectivity index (χ1v) is 10.9. The lowest BCUT2D eigenvalue weighted by molar-refractivity contribution is -0.384. The zero-order chi connectivity index (χ0) is 25.7. The summed E-state index contributed by atoms with van der Waals surface area (Å²) in [5, 5.41) is 18.2. The van der Waals surface area contributed by atoms with Gasteiger partial charge >= 0.3 is 0 Å². The topological polar surface area (TPSA) is 118 Å². The highest BCUT2D eigenvalue weighted by Crippen LogP contribution is 2.39. The molecule has 0 unspecified atom stereocenters. The number of nitro groups is 1. The van der Waals surface area contributed by atoms with Gasteiger partial charge in [-0.3, -0.25) is 14.9 Å². The molecule has 10 nitrogen and oxygen atoms in total. The van der Waals surface area contributed by atoms with E-state index in [2.05, 4.69) is 10.4 Å². The summed E-state index contributed by atoms with van der Waals surface area (Å²) in [4.78, 5) is 23.7. The lowest BCUT2D eigenvalue weighted by Crippen LogP contribution is -2.15. The number of aromatic nitrogens is 2. The smallest absolute Gasteiger partial charge is 0.269 e. The molecule has 0 fully saturated rings. The molecule has 1 aromatic heterocycles. The van der Waals surface area contributed by atoms with Crippen LogP contribution in [0.1, 0.15) is 21.6 Å². The molecule has 0 aliphatic carbocycles. The number of amides is 1. The number of carbonyl (C=O) groups is 1. The lowest BCUT2D eigenvalue weighted by Gasteiger charge is -2.16. The molecule has 0 saturated heterocycles. The summed E-state index contributed by atoms with van der Waals surface area (Å²) in [6.45, 7) is 2.08. The molecule has 1 N–H and O–H groups in total. The molecule has 1 amide bonds. The molecular formula is C26H24N4O6. The number of carbonyl (C=O) groups excluding carboxylic acids is 1. The zero-order valence-corrected chi connectivity index (χ0v) is 19.9. The summed E-state index contributed by atoms with van der Waals surface area (Å²) in [5.41, 5.74) is 2.43. The van der Waals surface area contributed by atoms with Crippen LogP contribution in [0, 0.1) is 17.0 Å². The SMILES string of the molecule is COc1cc(C(=O)Nc2cc(C)nn2-c2ccc([N+](=O)[O-])cc2)cc(OC)c1OCc1ccccc1. The monoisotopic (exact) mass is 488 g/mol. The summed E-state index contributed by atoms with van der Waals surface area (Å²) in [6, 6.07) is 20.4. The Balaban J connectivity index is 1.59. The summed E-state index contributed by atoms with van der Waals surface area (Å²) in [7, 11) is 2.97. The summed E-state index contributed by atoms with van der Waals surface area (Å²) in [5.74, 6) is 1.04. The molecule has 0 atom stereocenters. The molecule has 0 radical (unpaired) electrons. The minimum atomic E-state index is -0.477. The second kappa shape index (κ2) is 10.6. The number of rotatable bonds is 9. The molecule has 4 rings (SSSR count). The Hall–Kier alpha value is -4.86. The number of nitro benzene ring substituents is 1. The summed E-state index contributed by atoms with van der Waals surface area (Å²) in [6.07, 6.45) is 0. The van der Waals surface area contributed by atoms with E-state index in [1.165, 1.54) is 31.0 Å². The largest absolute Gasteiger partial charge is 0.493 e. The first kappa shape index (κ1) is 24.3. The number of aryl methyl sites for hydroxylation is 1. The lowest BCUT2D eigenvalue weighted by atomic mass is 10.1.